The van der Waals surface area contributed by atoms with Gasteiger partial charge in [0, 0.05) is 53.1 Å². The number of nitrogens with zero attached hydrogens (tertiary/aromatic N) is 5. The number of nitrogens with one attached hydrogen (secondary N) is 3. The highest BCUT2D eigenvalue weighted by atomic mass is 15.2. The molecular weight excluding hydrogens is 436 g/mol. The molecule has 0 bridgehead atoms. The molecule has 0 unspecified atom stereocenters. The summed E-state index contributed by atoms with van der Waals surface area (Å²) in [6.45, 7) is 8.26. The Morgan fingerprint density at radius 1 is 0.971 bits per heavy atom. The van der Waals surface area contributed by atoms with Gasteiger partial charge in [-0.25, -0.2) is 4.98 Å². The molecule has 3 N–H and O–H groups in total. The molecule has 1 saturated heterocycles. The van der Waals surface area contributed by atoms with E-state index in [1.54, 1.807) is 6.20 Å². The van der Waals surface area contributed by atoms with Crippen LogP contribution in [0.5, 0.6) is 0 Å². The Labute approximate surface area is 203 Å². The van der Waals surface area contributed by atoms with Crippen molar-refractivity contribution in [1.29, 1.82) is 0 Å². The van der Waals surface area contributed by atoms with E-state index >= 15 is 0 Å². The van der Waals surface area contributed by atoms with E-state index < -0.39 is 0 Å². The van der Waals surface area contributed by atoms with E-state index in [4.69, 9.17) is 0 Å². The first-order valence-electron chi connectivity index (χ1n) is 12.2. The van der Waals surface area contributed by atoms with Crippen LogP contribution in [-0.2, 0) is 0 Å². The number of allylic oxidation sites excluding steroid dienone is 1. The van der Waals surface area contributed by atoms with Crippen molar-refractivity contribution in [2.75, 3.05) is 23.3 Å². The minimum atomic E-state index is 0.679. The highest BCUT2D eigenvalue weighted by molar-refractivity contribution is 5.99. The lowest BCUT2D eigenvalue weighted by Crippen LogP contribution is -2.29. The first-order chi connectivity index (χ1) is 17.2. The third-order valence-corrected chi connectivity index (χ3v) is 6.72. The molecule has 5 aromatic rings. The highest BCUT2D eigenvalue weighted by Crippen LogP contribution is 2.34. The number of fused-ring (bicyclic) bond motifs is 2. The number of aromatic amines is 2. The topological polar surface area (TPSA) is 98.4 Å². The van der Waals surface area contributed by atoms with Crippen molar-refractivity contribution in [3.63, 3.8) is 0 Å². The van der Waals surface area contributed by atoms with Crippen molar-refractivity contribution in [2.45, 2.75) is 32.6 Å². The van der Waals surface area contributed by atoms with E-state index in [2.05, 4.69) is 72.1 Å². The van der Waals surface area contributed by atoms with Gasteiger partial charge >= 0.3 is 0 Å². The van der Waals surface area contributed by atoms with Crippen LogP contribution in [0, 0.1) is 0 Å². The van der Waals surface area contributed by atoms with Gasteiger partial charge in [0.2, 0.25) is 0 Å². The molecule has 1 aliphatic heterocycles. The number of rotatable bonds is 6. The Bertz CT molecular complexity index is 1520. The monoisotopic (exact) mass is 464 g/mol. The standard InChI is InChI=1S/C27H28N8/c1-3-17(2)31-20-9-18(12-28-14-20)19-10-22-26(33-34-27(22)30-13-19)23-11-21-24(32-23)15-29-16-25(21)35-7-5-4-6-8-35/h9-16,31-32H,2-8H2,1H3,(H,30,33,34). The molecular formula is C27H28N8. The SMILES string of the molecule is C=C(CC)Nc1cncc(-c2cnc3n[nH]c(-c4cc5c(N6CCCCC6)cncc5[nH]4)c3c2)c1. The summed E-state index contributed by atoms with van der Waals surface area (Å²) >= 11 is 0. The molecule has 0 amide bonds. The molecule has 5 aromatic heterocycles. The normalized spacial score (nSPS) is 14.0. The van der Waals surface area contributed by atoms with E-state index in [1.807, 2.05) is 24.8 Å². The molecule has 0 saturated carbocycles. The van der Waals surface area contributed by atoms with Crippen molar-refractivity contribution in [3.05, 3.63) is 61.5 Å². The van der Waals surface area contributed by atoms with Crippen molar-refractivity contribution >= 4 is 33.3 Å². The number of piperidine rings is 1. The molecule has 0 atom stereocenters. The van der Waals surface area contributed by atoms with Crippen LogP contribution in [0.15, 0.2) is 61.5 Å². The van der Waals surface area contributed by atoms with Gasteiger partial charge in [-0.2, -0.15) is 5.10 Å². The van der Waals surface area contributed by atoms with E-state index in [0.29, 0.717) is 5.65 Å². The van der Waals surface area contributed by atoms with Crippen LogP contribution >= 0.6 is 0 Å². The summed E-state index contributed by atoms with van der Waals surface area (Å²) in [5, 5.41) is 13.1. The maximum atomic E-state index is 4.61. The van der Waals surface area contributed by atoms with E-state index in [1.165, 1.54) is 30.3 Å². The fraction of sp³-hybridized carbons (Fsp3) is 0.259. The van der Waals surface area contributed by atoms with Crippen LogP contribution in [-0.4, -0.2) is 43.2 Å². The molecule has 1 aliphatic rings. The zero-order valence-electron chi connectivity index (χ0n) is 19.8. The second-order valence-electron chi connectivity index (χ2n) is 9.09. The van der Waals surface area contributed by atoms with Crippen molar-refractivity contribution in [1.82, 2.24) is 30.1 Å². The third-order valence-electron chi connectivity index (χ3n) is 6.72. The van der Waals surface area contributed by atoms with Gasteiger partial charge in [-0.15, -0.1) is 0 Å². The second-order valence-corrected chi connectivity index (χ2v) is 9.09. The fourth-order valence-electron chi connectivity index (χ4n) is 4.78. The molecule has 8 nitrogen and oxygen atoms in total. The number of hydrogen-bond donors (Lipinski definition) is 3. The van der Waals surface area contributed by atoms with Gasteiger partial charge in [-0.1, -0.05) is 13.5 Å². The zero-order chi connectivity index (χ0) is 23.8. The molecule has 1 fully saturated rings. The molecule has 0 aliphatic carbocycles. The van der Waals surface area contributed by atoms with Gasteiger partial charge in [0.1, 0.15) is 0 Å². The Kier molecular flexibility index (Phi) is 5.41. The van der Waals surface area contributed by atoms with Crippen LogP contribution in [0.25, 0.3) is 44.5 Å². The lowest BCUT2D eigenvalue weighted by Gasteiger charge is -2.28. The summed E-state index contributed by atoms with van der Waals surface area (Å²) in [5.41, 5.74) is 8.60. The summed E-state index contributed by atoms with van der Waals surface area (Å²) < 4.78 is 0. The number of aromatic nitrogens is 6. The van der Waals surface area contributed by atoms with Crippen LogP contribution in [0.3, 0.4) is 0 Å². The number of anilines is 2. The van der Waals surface area contributed by atoms with Crippen molar-refractivity contribution in [3.8, 4) is 22.5 Å². The molecule has 0 spiro atoms. The smallest absolute Gasteiger partial charge is 0.181 e. The molecule has 0 aromatic carbocycles. The quantitative estimate of drug-likeness (QED) is 0.290. The first kappa shape index (κ1) is 21.3. The van der Waals surface area contributed by atoms with E-state index in [-0.39, 0.29) is 0 Å². The first-order valence-corrected chi connectivity index (χ1v) is 12.2. The summed E-state index contributed by atoms with van der Waals surface area (Å²) in [4.78, 5) is 19.5. The summed E-state index contributed by atoms with van der Waals surface area (Å²) in [6, 6.07) is 6.38. The van der Waals surface area contributed by atoms with Crippen LogP contribution in [0.4, 0.5) is 11.4 Å². The summed E-state index contributed by atoms with van der Waals surface area (Å²) in [5.74, 6) is 0. The van der Waals surface area contributed by atoms with Gasteiger partial charge in [-0.3, -0.25) is 15.1 Å². The summed E-state index contributed by atoms with van der Waals surface area (Å²) in [6.07, 6.45) is 14.0. The van der Waals surface area contributed by atoms with Gasteiger partial charge in [0.05, 0.1) is 46.9 Å². The Balaban J connectivity index is 1.39. The molecule has 0 radical (unpaired) electrons. The Hall–Kier alpha value is -4.20. The van der Waals surface area contributed by atoms with Gasteiger partial charge in [-0.05, 0) is 43.9 Å². The Morgan fingerprint density at radius 3 is 2.66 bits per heavy atom. The number of H-pyrrole nitrogens is 2. The van der Waals surface area contributed by atoms with E-state index in [0.717, 1.165) is 64.3 Å². The van der Waals surface area contributed by atoms with Crippen LogP contribution < -0.4 is 10.2 Å². The molecule has 6 rings (SSSR count). The lowest BCUT2D eigenvalue weighted by atomic mass is 10.1. The average molecular weight is 465 g/mol. The lowest BCUT2D eigenvalue weighted by molar-refractivity contribution is 0.578. The Morgan fingerprint density at radius 2 is 1.80 bits per heavy atom. The predicted molar refractivity (Wildman–Crippen MR) is 141 cm³/mol. The van der Waals surface area contributed by atoms with Crippen molar-refractivity contribution in [2.24, 2.45) is 0 Å². The summed E-state index contributed by atoms with van der Waals surface area (Å²) in [7, 11) is 0. The minimum absolute atomic E-state index is 0.679. The number of hydrogen-bond acceptors (Lipinski definition) is 6. The average Bonchev–Trinajstić information content (AvgIpc) is 3.53. The van der Waals surface area contributed by atoms with Gasteiger partial charge < -0.3 is 15.2 Å². The van der Waals surface area contributed by atoms with Crippen LogP contribution in [0.2, 0.25) is 0 Å². The van der Waals surface area contributed by atoms with Crippen LogP contribution in [0.1, 0.15) is 32.6 Å². The van der Waals surface area contributed by atoms with Gasteiger partial charge in [0.25, 0.3) is 0 Å². The maximum Gasteiger partial charge on any atom is 0.181 e. The second kappa shape index (κ2) is 8.87. The molecule has 176 valence electrons. The number of pyridine rings is 3. The highest BCUT2D eigenvalue weighted by Gasteiger charge is 2.18. The van der Waals surface area contributed by atoms with Crippen molar-refractivity contribution < 1.29 is 0 Å². The zero-order valence-corrected chi connectivity index (χ0v) is 19.8. The predicted octanol–water partition coefficient (Wildman–Crippen LogP) is 5.89. The third kappa shape index (κ3) is 4.01. The fourth-order valence-corrected chi connectivity index (χ4v) is 4.78. The van der Waals surface area contributed by atoms with E-state index in [9.17, 15) is 0 Å². The largest absolute Gasteiger partial charge is 0.370 e. The molecule has 6 heterocycles. The molecule has 35 heavy (non-hydrogen) atoms. The minimum Gasteiger partial charge on any atom is -0.370 e. The van der Waals surface area contributed by atoms with Gasteiger partial charge in [0.15, 0.2) is 5.65 Å². The maximum absolute atomic E-state index is 4.61. The molecule has 8 heteroatoms.